The minimum Gasteiger partial charge on any atom is -0.478 e. The Hall–Kier alpha value is -1.25. The maximum atomic E-state index is 10.2. The van der Waals surface area contributed by atoms with Crippen LogP contribution in [-0.4, -0.2) is 17.6 Å². The molecule has 0 atom stereocenters. The molecule has 3 heteroatoms. The summed E-state index contributed by atoms with van der Waals surface area (Å²) < 4.78 is 0. The maximum absolute atomic E-state index is 10.2. The second-order valence-corrected chi connectivity index (χ2v) is 1.72. The summed E-state index contributed by atoms with van der Waals surface area (Å²) in [4.78, 5) is 10.2. The summed E-state index contributed by atoms with van der Waals surface area (Å²) in [5.74, 6) is -0.890. The number of hydrogen-bond acceptors (Lipinski definition) is 2. The van der Waals surface area contributed by atoms with Gasteiger partial charge in [-0.15, -0.1) is 0 Å². The molecule has 3 nitrogen and oxygen atoms in total. The lowest BCUT2D eigenvalue weighted by Gasteiger charge is -2.02. The van der Waals surface area contributed by atoms with Crippen molar-refractivity contribution < 1.29 is 9.90 Å². The fraction of sp³-hybridized carbons (Fsp3) is 0.167. The van der Waals surface area contributed by atoms with Crippen LogP contribution in [0.15, 0.2) is 23.9 Å². The summed E-state index contributed by atoms with van der Waals surface area (Å²) in [6, 6.07) is 0. The number of carbonyl (C=O) groups is 1. The summed E-state index contributed by atoms with van der Waals surface area (Å²) in [5, 5.41) is 11.2. The fourth-order valence-corrected chi connectivity index (χ4v) is 0.604. The summed E-state index contributed by atoms with van der Waals surface area (Å²) >= 11 is 0. The highest BCUT2D eigenvalue weighted by molar-refractivity contribution is 5.89. The van der Waals surface area contributed by atoms with Crippen molar-refractivity contribution in [2.45, 2.75) is 0 Å². The third-order valence-electron chi connectivity index (χ3n) is 1.04. The minimum absolute atomic E-state index is 0.307. The summed E-state index contributed by atoms with van der Waals surface area (Å²) in [5.41, 5.74) is 0.307. The predicted molar refractivity (Wildman–Crippen MR) is 32.9 cm³/mol. The molecule has 1 rings (SSSR count). The zero-order valence-corrected chi connectivity index (χ0v) is 4.79. The van der Waals surface area contributed by atoms with Gasteiger partial charge in [-0.05, 0) is 6.08 Å². The summed E-state index contributed by atoms with van der Waals surface area (Å²) in [6.45, 7) is 0.719. The van der Waals surface area contributed by atoms with E-state index in [-0.39, 0.29) is 0 Å². The fourth-order valence-electron chi connectivity index (χ4n) is 0.604. The number of dihydropyridines is 1. The van der Waals surface area contributed by atoms with E-state index in [1.54, 1.807) is 12.2 Å². The molecule has 0 aromatic carbocycles. The van der Waals surface area contributed by atoms with Crippen LogP contribution in [0.3, 0.4) is 0 Å². The predicted octanol–water partition coefficient (Wildman–Crippen LogP) is 0.114. The topological polar surface area (TPSA) is 49.3 Å². The Morgan fingerprint density at radius 2 is 2.56 bits per heavy atom. The molecule has 0 bridgehead atoms. The van der Waals surface area contributed by atoms with Gasteiger partial charge in [-0.2, -0.15) is 0 Å². The molecule has 0 radical (unpaired) electrons. The van der Waals surface area contributed by atoms with E-state index in [0.29, 0.717) is 5.57 Å². The van der Waals surface area contributed by atoms with E-state index in [2.05, 4.69) is 5.32 Å². The number of carboxylic acids is 1. The van der Waals surface area contributed by atoms with Crippen LogP contribution in [0.5, 0.6) is 0 Å². The highest BCUT2D eigenvalue weighted by atomic mass is 16.4. The molecule has 0 spiro atoms. The molecule has 2 N–H and O–H groups in total. The van der Waals surface area contributed by atoms with Gasteiger partial charge < -0.3 is 10.4 Å². The second-order valence-electron chi connectivity index (χ2n) is 1.72. The van der Waals surface area contributed by atoms with Crippen LogP contribution >= 0.6 is 0 Å². The van der Waals surface area contributed by atoms with Crippen LogP contribution in [0.25, 0.3) is 0 Å². The number of nitrogens with one attached hydrogen (secondary N) is 1. The molecule has 1 aliphatic rings. The van der Waals surface area contributed by atoms with Crippen molar-refractivity contribution in [2.75, 3.05) is 6.54 Å². The largest absolute Gasteiger partial charge is 0.478 e. The van der Waals surface area contributed by atoms with Gasteiger partial charge in [0.2, 0.25) is 0 Å². The first-order valence-electron chi connectivity index (χ1n) is 2.64. The molecule has 1 aliphatic heterocycles. The Balaban J connectivity index is 2.69. The lowest BCUT2D eigenvalue weighted by molar-refractivity contribution is -0.132. The molecule has 48 valence electrons. The van der Waals surface area contributed by atoms with Gasteiger partial charge in [0.15, 0.2) is 0 Å². The smallest absolute Gasteiger partial charge is 0.337 e. The van der Waals surface area contributed by atoms with E-state index in [4.69, 9.17) is 5.11 Å². The molecule has 0 saturated carbocycles. The Kier molecular flexibility index (Phi) is 1.53. The van der Waals surface area contributed by atoms with E-state index in [9.17, 15) is 4.79 Å². The van der Waals surface area contributed by atoms with E-state index < -0.39 is 5.97 Å². The van der Waals surface area contributed by atoms with E-state index in [0.717, 1.165) is 6.54 Å². The average Bonchev–Trinajstić information content (AvgIpc) is 1.90. The highest BCUT2D eigenvalue weighted by Gasteiger charge is 2.03. The molecule has 9 heavy (non-hydrogen) atoms. The Bertz CT molecular complexity index is 181. The molecule has 0 saturated heterocycles. The molecular formula is C6H7NO2. The Labute approximate surface area is 52.7 Å². The first-order valence-corrected chi connectivity index (χ1v) is 2.64. The van der Waals surface area contributed by atoms with Gasteiger partial charge in [-0.3, -0.25) is 0 Å². The van der Waals surface area contributed by atoms with Crippen molar-refractivity contribution in [2.24, 2.45) is 0 Å². The standard InChI is InChI=1S/C6H7NO2/c8-6(9)5-2-1-3-7-4-5/h1-2,4,7H,3H2,(H,8,9). The van der Waals surface area contributed by atoms with Gasteiger partial charge in [0.1, 0.15) is 0 Å². The maximum Gasteiger partial charge on any atom is 0.337 e. The van der Waals surface area contributed by atoms with Crippen LogP contribution in [0, 0.1) is 0 Å². The molecular weight excluding hydrogens is 118 g/mol. The van der Waals surface area contributed by atoms with Crippen molar-refractivity contribution in [3.8, 4) is 0 Å². The normalized spacial score (nSPS) is 16.2. The van der Waals surface area contributed by atoms with Crippen molar-refractivity contribution >= 4 is 5.97 Å². The number of carboxylic acid groups (broad SMARTS) is 1. The molecule has 0 aromatic heterocycles. The van der Waals surface area contributed by atoms with Gasteiger partial charge in [0.25, 0.3) is 0 Å². The summed E-state index contributed by atoms with van der Waals surface area (Å²) in [6.07, 6.45) is 4.84. The molecule has 0 aromatic rings. The van der Waals surface area contributed by atoms with Crippen molar-refractivity contribution in [1.82, 2.24) is 5.32 Å². The third kappa shape index (κ3) is 1.32. The van der Waals surface area contributed by atoms with Crippen molar-refractivity contribution in [3.05, 3.63) is 23.9 Å². The van der Waals surface area contributed by atoms with Crippen LogP contribution in [0.4, 0.5) is 0 Å². The van der Waals surface area contributed by atoms with Gasteiger partial charge in [-0.25, -0.2) is 4.79 Å². The molecule has 0 fully saturated rings. The lowest BCUT2D eigenvalue weighted by Crippen LogP contribution is -2.12. The highest BCUT2D eigenvalue weighted by Crippen LogP contribution is 1.97. The second kappa shape index (κ2) is 2.35. The van der Waals surface area contributed by atoms with Crippen LogP contribution in [0.2, 0.25) is 0 Å². The molecule has 0 amide bonds. The first-order chi connectivity index (χ1) is 4.30. The minimum atomic E-state index is -0.890. The van der Waals surface area contributed by atoms with Crippen molar-refractivity contribution in [1.29, 1.82) is 0 Å². The lowest BCUT2D eigenvalue weighted by atomic mass is 10.2. The monoisotopic (exact) mass is 125 g/mol. The van der Waals surface area contributed by atoms with Crippen molar-refractivity contribution in [3.63, 3.8) is 0 Å². The molecule has 0 aliphatic carbocycles. The quantitative estimate of drug-likeness (QED) is 0.523. The van der Waals surface area contributed by atoms with Gasteiger partial charge in [0, 0.05) is 12.7 Å². The zero-order chi connectivity index (χ0) is 6.69. The number of aliphatic carboxylic acids is 1. The average molecular weight is 125 g/mol. The SMILES string of the molecule is O=C(O)C1=CNCC=C1. The Morgan fingerprint density at radius 3 is 2.89 bits per heavy atom. The number of hydrogen-bond donors (Lipinski definition) is 2. The molecule has 0 unspecified atom stereocenters. The first kappa shape index (κ1) is 5.88. The molecule has 1 heterocycles. The Morgan fingerprint density at radius 1 is 1.78 bits per heavy atom. The summed E-state index contributed by atoms with van der Waals surface area (Å²) in [7, 11) is 0. The van der Waals surface area contributed by atoms with E-state index in [1.807, 2.05) is 0 Å². The van der Waals surface area contributed by atoms with Crippen LogP contribution < -0.4 is 5.32 Å². The van der Waals surface area contributed by atoms with Gasteiger partial charge >= 0.3 is 5.97 Å². The van der Waals surface area contributed by atoms with Crippen LogP contribution in [-0.2, 0) is 4.79 Å². The zero-order valence-electron chi connectivity index (χ0n) is 4.79. The van der Waals surface area contributed by atoms with Gasteiger partial charge in [0.05, 0.1) is 5.57 Å². The third-order valence-corrected chi connectivity index (χ3v) is 1.04. The van der Waals surface area contributed by atoms with Crippen LogP contribution in [0.1, 0.15) is 0 Å². The number of rotatable bonds is 1. The van der Waals surface area contributed by atoms with E-state index in [1.165, 1.54) is 6.20 Å². The van der Waals surface area contributed by atoms with Gasteiger partial charge in [-0.1, -0.05) is 6.08 Å². The van der Waals surface area contributed by atoms with E-state index >= 15 is 0 Å².